The van der Waals surface area contributed by atoms with E-state index in [1.165, 1.54) is 10.7 Å². The molecule has 0 N–H and O–H groups in total. The third-order valence-corrected chi connectivity index (χ3v) is 0.911. The van der Waals surface area contributed by atoms with Gasteiger partial charge >= 0.3 is 5.56 Å². The van der Waals surface area contributed by atoms with Crippen molar-refractivity contribution in [3.8, 4) is 0 Å². The molecule has 0 aliphatic rings. The van der Waals surface area contributed by atoms with Gasteiger partial charge in [0, 0.05) is 0 Å². The van der Waals surface area contributed by atoms with Gasteiger partial charge in [0.1, 0.15) is 0 Å². The van der Waals surface area contributed by atoms with E-state index < -0.39 is 0 Å². The fourth-order valence-corrected chi connectivity index (χ4v) is 0.484. The SMILES string of the molecule is O=c1c2cnnn12. The van der Waals surface area contributed by atoms with Gasteiger partial charge in [-0.3, -0.25) is 4.79 Å². The molecule has 0 aliphatic carbocycles. The van der Waals surface area contributed by atoms with E-state index in [9.17, 15) is 4.79 Å². The zero-order valence-electron chi connectivity index (χ0n) is 3.33. The maximum Gasteiger partial charge on any atom is 0.300 e. The number of hydrogen-bond donors (Lipinski definition) is 0. The van der Waals surface area contributed by atoms with Crippen LogP contribution in [0, 0.1) is 0 Å². The standard InChI is InChI=1S/C3HN3O/c7-3-2-1-4-5-6(2)3/h1H. The molecule has 2 aromatic heterocycles. The summed E-state index contributed by atoms with van der Waals surface area (Å²) in [6.45, 7) is 0. The Morgan fingerprint density at radius 2 is 2.57 bits per heavy atom. The number of nitrogens with zero attached hydrogens (tertiary/aromatic N) is 3. The van der Waals surface area contributed by atoms with Gasteiger partial charge in [-0.2, -0.15) is 4.52 Å². The van der Waals surface area contributed by atoms with Crippen LogP contribution in [0.25, 0.3) is 5.52 Å². The van der Waals surface area contributed by atoms with E-state index in [-0.39, 0.29) is 5.56 Å². The third kappa shape index (κ3) is 0.173. The second-order valence-electron chi connectivity index (χ2n) is 1.34. The maximum atomic E-state index is 10.2. The molecule has 0 bridgehead atoms. The lowest BCUT2D eigenvalue weighted by molar-refractivity contribution is 0.882. The summed E-state index contributed by atoms with van der Waals surface area (Å²) in [5.41, 5.74) is 0.593. The van der Waals surface area contributed by atoms with E-state index in [1.54, 1.807) is 0 Å². The molecule has 0 fully saturated rings. The summed E-state index contributed by atoms with van der Waals surface area (Å²) >= 11 is 0. The normalized spacial score (nSPS) is 11.4. The minimum absolute atomic E-state index is 0.0185. The molecule has 2 rings (SSSR count). The Morgan fingerprint density at radius 3 is 2.86 bits per heavy atom. The van der Waals surface area contributed by atoms with Gasteiger partial charge < -0.3 is 0 Å². The first-order valence-electron chi connectivity index (χ1n) is 1.85. The van der Waals surface area contributed by atoms with Crippen molar-refractivity contribution in [2.75, 3.05) is 0 Å². The Morgan fingerprint density at radius 1 is 1.71 bits per heavy atom. The van der Waals surface area contributed by atoms with Crippen LogP contribution in [0.5, 0.6) is 0 Å². The largest absolute Gasteiger partial charge is 0.300 e. The predicted molar refractivity (Wildman–Crippen MR) is 21.6 cm³/mol. The molecule has 0 radical (unpaired) electrons. The zero-order chi connectivity index (χ0) is 4.85. The molecular weight excluding hydrogens is 94.1 g/mol. The Balaban J connectivity index is 3.18. The van der Waals surface area contributed by atoms with Crippen LogP contribution < -0.4 is 5.56 Å². The van der Waals surface area contributed by atoms with E-state index in [0.717, 1.165) is 0 Å². The van der Waals surface area contributed by atoms with Gasteiger partial charge in [0.2, 0.25) is 0 Å². The van der Waals surface area contributed by atoms with Crippen LogP contribution in [0.4, 0.5) is 0 Å². The van der Waals surface area contributed by atoms with Crippen molar-refractivity contribution in [2.45, 2.75) is 0 Å². The van der Waals surface area contributed by atoms with Crippen LogP contribution >= 0.6 is 0 Å². The van der Waals surface area contributed by atoms with Crippen molar-refractivity contribution in [3.05, 3.63) is 16.6 Å². The Kier molecular flexibility index (Phi) is 0.247. The zero-order valence-corrected chi connectivity index (χ0v) is 3.33. The Bertz CT molecular complexity index is 273. The number of fused-ring (bicyclic) bond motifs is 1. The average molecular weight is 95.1 g/mol. The van der Waals surface area contributed by atoms with Gasteiger partial charge in [-0.05, 0) is 0 Å². The van der Waals surface area contributed by atoms with Crippen molar-refractivity contribution < 1.29 is 0 Å². The summed E-state index contributed by atoms with van der Waals surface area (Å²) in [4.78, 5) is 10.2. The van der Waals surface area contributed by atoms with E-state index in [2.05, 4.69) is 10.3 Å². The highest BCUT2D eigenvalue weighted by molar-refractivity contribution is 5.49. The number of hydrogen-bond acceptors (Lipinski definition) is 3. The van der Waals surface area contributed by atoms with Crippen molar-refractivity contribution in [1.29, 1.82) is 0 Å². The molecule has 0 aromatic carbocycles. The Hall–Kier alpha value is -1.19. The molecule has 7 heavy (non-hydrogen) atoms. The van der Waals surface area contributed by atoms with Gasteiger partial charge in [-0.1, -0.05) is 5.21 Å². The molecule has 4 heteroatoms. The number of aromatic nitrogens is 3. The van der Waals surface area contributed by atoms with Gasteiger partial charge in [-0.25, -0.2) is 0 Å². The lowest BCUT2D eigenvalue weighted by Gasteiger charge is -1.51. The molecular formula is C3HN3O. The molecule has 0 spiro atoms. The van der Waals surface area contributed by atoms with Crippen LogP contribution in [0.2, 0.25) is 0 Å². The van der Waals surface area contributed by atoms with Crippen LogP contribution in [0.1, 0.15) is 0 Å². The van der Waals surface area contributed by atoms with Crippen LogP contribution in [0.3, 0.4) is 0 Å². The smallest absolute Gasteiger partial charge is 0.265 e. The average Bonchev–Trinajstić information content (AvgIpc) is 2.26. The summed E-state index contributed by atoms with van der Waals surface area (Å²) in [5.74, 6) is 0. The fourth-order valence-electron chi connectivity index (χ4n) is 0.484. The van der Waals surface area contributed by atoms with Gasteiger partial charge in [0.25, 0.3) is 0 Å². The lowest BCUT2D eigenvalue weighted by atomic mass is 10.8. The van der Waals surface area contributed by atoms with Crippen molar-refractivity contribution in [2.24, 2.45) is 0 Å². The second-order valence-corrected chi connectivity index (χ2v) is 1.34. The molecule has 0 atom stereocenters. The summed E-state index contributed by atoms with van der Waals surface area (Å²) in [5, 5.41) is 6.84. The minimum Gasteiger partial charge on any atom is -0.265 e. The molecule has 2 aromatic rings. The fraction of sp³-hybridized carbons (Fsp3) is 0. The van der Waals surface area contributed by atoms with Crippen LogP contribution in [-0.2, 0) is 0 Å². The van der Waals surface area contributed by atoms with Crippen LogP contribution in [0.15, 0.2) is 11.0 Å². The third-order valence-electron chi connectivity index (χ3n) is 0.911. The highest BCUT2D eigenvalue weighted by atomic mass is 16.1. The van der Waals surface area contributed by atoms with Gasteiger partial charge in [0.05, 0.1) is 6.20 Å². The molecule has 2 heterocycles. The highest BCUT2D eigenvalue weighted by Gasteiger charge is 2.11. The molecule has 34 valence electrons. The first-order chi connectivity index (χ1) is 3.39. The molecule has 0 aliphatic heterocycles. The summed E-state index contributed by atoms with van der Waals surface area (Å²) in [6, 6.07) is 0. The molecule has 0 unspecified atom stereocenters. The van der Waals surface area contributed by atoms with Crippen molar-refractivity contribution >= 4 is 5.52 Å². The van der Waals surface area contributed by atoms with E-state index in [1.807, 2.05) is 0 Å². The molecule has 0 amide bonds. The summed E-state index contributed by atoms with van der Waals surface area (Å²) in [6.07, 6.45) is 1.45. The van der Waals surface area contributed by atoms with Crippen molar-refractivity contribution in [3.63, 3.8) is 0 Å². The minimum atomic E-state index is -0.0185. The first kappa shape index (κ1) is 2.90. The van der Waals surface area contributed by atoms with Gasteiger partial charge in [-0.15, -0.1) is 5.10 Å². The monoisotopic (exact) mass is 95.0 g/mol. The maximum absolute atomic E-state index is 10.2. The molecule has 4 nitrogen and oxygen atoms in total. The summed E-state index contributed by atoms with van der Waals surface area (Å²) < 4.78 is 1.25. The summed E-state index contributed by atoms with van der Waals surface area (Å²) in [7, 11) is 0. The van der Waals surface area contributed by atoms with E-state index >= 15 is 0 Å². The topological polar surface area (TPSA) is 47.3 Å². The quantitative estimate of drug-likeness (QED) is 0.420. The lowest BCUT2D eigenvalue weighted by Crippen LogP contribution is -1.87. The van der Waals surface area contributed by atoms with E-state index in [0.29, 0.717) is 5.52 Å². The van der Waals surface area contributed by atoms with E-state index in [4.69, 9.17) is 0 Å². The van der Waals surface area contributed by atoms with Crippen LogP contribution in [-0.4, -0.2) is 14.8 Å². The number of rotatable bonds is 0. The molecule has 0 saturated heterocycles. The van der Waals surface area contributed by atoms with Gasteiger partial charge in [0.15, 0.2) is 5.52 Å². The van der Waals surface area contributed by atoms with Crippen molar-refractivity contribution in [1.82, 2.24) is 14.8 Å². The highest BCUT2D eigenvalue weighted by Crippen LogP contribution is 1.90. The Labute approximate surface area is 38.1 Å². The second kappa shape index (κ2) is 0.598. The predicted octanol–water partition coefficient (Wildman–Crippen LogP) is -1.03. The first-order valence-corrected chi connectivity index (χ1v) is 1.85. The molecule has 0 saturated carbocycles.